The molecule has 0 saturated heterocycles. The first kappa shape index (κ1) is 13.3. The largest absolute Gasteiger partial charge is 0.480 e. The van der Waals surface area contributed by atoms with Gasteiger partial charge in [-0.05, 0) is 17.7 Å². The van der Waals surface area contributed by atoms with Gasteiger partial charge < -0.3 is 15.6 Å². The lowest BCUT2D eigenvalue weighted by Gasteiger charge is -2.13. The summed E-state index contributed by atoms with van der Waals surface area (Å²) in [5.74, 6) is -1.03. The molecule has 16 heavy (non-hydrogen) atoms. The Kier molecular flexibility index (Phi) is 5.02. The van der Waals surface area contributed by atoms with E-state index in [1.54, 1.807) is 18.2 Å². The molecule has 1 rings (SSSR count). The van der Waals surface area contributed by atoms with E-state index in [9.17, 15) is 4.79 Å². The lowest BCUT2D eigenvalue weighted by atomic mass is 10.1. The molecule has 88 valence electrons. The lowest BCUT2D eigenvalue weighted by molar-refractivity contribution is -0.142. The highest BCUT2D eigenvalue weighted by molar-refractivity contribution is 6.35. The zero-order chi connectivity index (χ0) is 12.1. The van der Waals surface area contributed by atoms with Crippen molar-refractivity contribution in [2.75, 3.05) is 13.2 Å². The van der Waals surface area contributed by atoms with Gasteiger partial charge in [-0.3, -0.25) is 0 Å². The Hall–Kier alpha value is -0.810. The average molecular weight is 264 g/mol. The number of hydrogen-bond donors (Lipinski definition) is 2. The number of carboxylic acid groups (broad SMARTS) is 1. The van der Waals surface area contributed by atoms with E-state index in [1.807, 2.05) is 0 Å². The Morgan fingerprint density at radius 2 is 2.19 bits per heavy atom. The molecule has 0 aliphatic carbocycles. The summed E-state index contributed by atoms with van der Waals surface area (Å²) in [7, 11) is 0. The summed E-state index contributed by atoms with van der Waals surface area (Å²) in [6.45, 7) is -0.285. The Bertz CT molecular complexity index is 384. The molecule has 0 aliphatic heterocycles. The smallest absolute Gasteiger partial charge is 0.329 e. The van der Waals surface area contributed by atoms with Crippen molar-refractivity contribution in [3.05, 3.63) is 33.8 Å². The molecule has 0 bridgehead atoms. The van der Waals surface area contributed by atoms with Gasteiger partial charge in [-0.2, -0.15) is 0 Å². The van der Waals surface area contributed by atoms with Crippen molar-refractivity contribution in [1.29, 1.82) is 0 Å². The highest BCUT2D eigenvalue weighted by atomic mass is 35.5. The molecule has 1 unspecified atom stereocenters. The van der Waals surface area contributed by atoms with Gasteiger partial charge in [0, 0.05) is 10.0 Å². The van der Waals surface area contributed by atoms with E-state index in [4.69, 9.17) is 38.8 Å². The highest BCUT2D eigenvalue weighted by Crippen LogP contribution is 2.25. The Balaban J connectivity index is 2.58. The molecule has 4 nitrogen and oxygen atoms in total. The molecule has 3 N–H and O–H groups in total. The van der Waals surface area contributed by atoms with E-state index in [0.29, 0.717) is 15.6 Å². The van der Waals surface area contributed by atoms with Crippen molar-refractivity contribution in [3.63, 3.8) is 0 Å². The van der Waals surface area contributed by atoms with Crippen LogP contribution in [0.5, 0.6) is 0 Å². The first-order valence-corrected chi connectivity index (χ1v) is 5.26. The number of nitrogens with two attached hydrogens (primary N) is 1. The van der Waals surface area contributed by atoms with E-state index in [2.05, 4.69) is 0 Å². The second-order valence-electron chi connectivity index (χ2n) is 3.18. The number of benzene rings is 1. The number of aliphatic carboxylic acids is 1. The topological polar surface area (TPSA) is 72.5 Å². The maximum absolute atomic E-state index is 10.2. The predicted octanol–water partition coefficient (Wildman–Crippen LogP) is 2.09. The minimum atomic E-state index is -1.03. The molecule has 0 aliphatic rings. The summed E-state index contributed by atoms with van der Waals surface area (Å²) >= 11 is 11.7. The van der Waals surface area contributed by atoms with Crippen LogP contribution in [0.2, 0.25) is 10.0 Å². The second-order valence-corrected chi connectivity index (χ2v) is 4.02. The molecular weight excluding hydrogens is 253 g/mol. The van der Waals surface area contributed by atoms with E-state index in [-0.39, 0.29) is 13.2 Å². The first-order valence-electron chi connectivity index (χ1n) is 4.50. The van der Waals surface area contributed by atoms with E-state index in [0.717, 1.165) is 0 Å². The molecular formula is C10H11Cl2NO3. The molecule has 0 radical (unpaired) electrons. The molecule has 1 atom stereocenters. The van der Waals surface area contributed by atoms with Gasteiger partial charge in [0.1, 0.15) is 6.61 Å². The number of hydrogen-bond acceptors (Lipinski definition) is 3. The Labute approximate surface area is 103 Å². The fourth-order valence-electron chi connectivity index (χ4n) is 1.17. The second kappa shape index (κ2) is 6.06. The molecule has 6 heteroatoms. The summed E-state index contributed by atoms with van der Waals surface area (Å²) in [5, 5.41) is 9.34. The highest BCUT2D eigenvalue weighted by Gasteiger charge is 2.11. The van der Waals surface area contributed by atoms with Crippen LogP contribution in [0.1, 0.15) is 11.6 Å². The fourth-order valence-corrected chi connectivity index (χ4v) is 1.71. The molecule has 0 amide bonds. The van der Waals surface area contributed by atoms with E-state index < -0.39 is 12.0 Å². The van der Waals surface area contributed by atoms with Crippen molar-refractivity contribution in [1.82, 2.24) is 0 Å². The third-order valence-electron chi connectivity index (χ3n) is 1.88. The maximum Gasteiger partial charge on any atom is 0.329 e. The molecule has 0 aromatic heterocycles. The van der Waals surface area contributed by atoms with Crippen LogP contribution in [-0.2, 0) is 9.53 Å². The van der Waals surface area contributed by atoms with Crippen LogP contribution in [-0.4, -0.2) is 24.3 Å². The van der Waals surface area contributed by atoms with Crippen LogP contribution in [0.15, 0.2) is 18.2 Å². The Morgan fingerprint density at radius 1 is 1.50 bits per heavy atom. The zero-order valence-electron chi connectivity index (χ0n) is 8.32. The first-order chi connectivity index (χ1) is 7.50. The van der Waals surface area contributed by atoms with Gasteiger partial charge in [0.25, 0.3) is 0 Å². The zero-order valence-corrected chi connectivity index (χ0v) is 9.83. The van der Waals surface area contributed by atoms with Crippen LogP contribution in [0, 0.1) is 0 Å². The summed E-state index contributed by atoms with van der Waals surface area (Å²) in [5.41, 5.74) is 6.46. The monoisotopic (exact) mass is 263 g/mol. The molecule has 0 spiro atoms. The summed E-state index contributed by atoms with van der Waals surface area (Å²) < 4.78 is 4.88. The minimum absolute atomic E-state index is 0.0909. The van der Waals surface area contributed by atoms with Crippen LogP contribution in [0.25, 0.3) is 0 Å². The number of rotatable bonds is 5. The summed E-state index contributed by atoms with van der Waals surface area (Å²) in [4.78, 5) is 10.2. The summed E-state index contributed by atoms with van der Waals surface area (Å²) in [6.07, 6.45) is 0. The molecule has 0 fully saturated rings. The van der Waals surface area contributed by atoms with Gasteiger partial charge in [-0.25, -0.2) is 4.79 Å². The van der Waals surface area contributed by atoms with Crippen molar-refractivity contribution in [2.45, 2.75) is 6.04 Å². The maximum atomic E-state index is 10.2. The van der Waals surface area contributed by atoms with Crippen molar-refractivity contribution in [2.24, 2.45) is 5.73 Å². The lowest BCUT2D eigenvalue weighted by Crippen LogP contribution is -2.20. The SMILES string of the molecule is NC(COCC(=O)O)c1ccc(Cl)cc1Cl. The predicted molar refractivity (Wildman–Crippen MR) is 61.8 cm³/mol. The quantitative estimate of drug-likeness (QED) is 0.854. The van der Waals surface area contributed by atoms with Crippen LogP contribution in [0.4, 0.5) is 0 Å². The molecule has 1 aromatic rings. The van der Waals surface area contributed by atoms with Gasteiger partial charge >= 0.3 is 5.97 Å². The van der Waals surface area contributed by atoms with E-state index >= 15 is 0 Å². The average Bonchev–Trinajstić information content (AvgIpc) is 2.16. The van der Waals surface area contributed by atoms with Gasteiger partial charge in [-0.1, -0.05) is 29.3 Å². The summed E-state index contributed by atoms with van der Waals surface area (Å²) in [6, 6.07) is 4.47. The number of halogens is 2. The van der Waals surface area contributed by atoms with Gasteiger partial charge in [-0.15, -0.1) is 0 Å². The van der Waals surface area contributed by atoms with Crippen LogP contribution < -0.4 is 5.73 Å². The minimum Gasteiger partial charge on any atom is -0.480 e. The number of ether oxygens (including phenoxy) is 1. The third kappa shape index (κ3) is 3.98. The van der Waals surface area contributed by atoms with Gasteiger partial charge in [0.05, 0.1) is 12.6 Å². The Morgan fingerprint density at radius 3 is 2.75 bits per heavy atom. The van der Waals surface area contributed by atoms with Gasteiger partial charge in [0.15, 0.2) is 0 Å². The van der Waals surface area contributed by atoms with Crippen LogP contribution in [0.3, 0.4) is 0 Å². The van der Waals surface area contributed by atoms with Crippen molar-refractivity contribution < 1.29 is 14.6 Å². The van der Waals surface area contributed by atoms with Crippen LogP contribution >= 0.6 is 23.2 Å². The van der Waals surface area contributed by atoms with E-state index in [1.165, 1.54) is 0 Å². The van der Waals surface area contributed by atoms with Crippen molar-refractivity contribution in [3.8, 4) is 0 Å². The molecule has 0 saturated carbocycles. The fraction of sp³-hybridized carbons (Fsp3) is 0.300. The van der Waals surface area contributed by atoms with Gasteiger partial charge in [0.2, 0.25) is 0 Å². The number of carboxylic acids is 1. The number of carbonyl (C=O) groups is 1. The third-order valence-corrected chi connectivity index (χ3v) is 2.45. The molecule has 0 heterocycles. The standard InChI is InChI=1S/C10H11Cl2NO3/c11-6-1-2-7(8(12)3-6)9(13)4-16-5-10(14)15/h1-3,9H,4-5,13H2,(H,14,15). The van der Waals surface area contributed by atoms with Crippen molar-refractivity contribution >= 4 is 29.2 Å². The molecule has 1 aromatic carbocycles. The normalized spacial score (nSPS) is 12.4.